The Kier molecular flexibility index (Phi) is 7.59. The molecule has 0 fully saturated rings. The van der Waals surface area contributed by atoms with Crippen molar-refractivity contribution in [3.63, 3.8) is 0 Å². The highest BCUT2D eigenvalue weighted by Gasteiger charge is 2.16. The lowest BCUT2D eigenvalue weighted by Gasteiger charge is -2.14. The molecule has 0 atom stereocenters. The first-order valence-corrected chi connectivity index (χ1v) is 11.9. The summed E-state index contributed by atoms with van der Waals surface area (Å²) in [6.07, 6.45) is 1.65. The van der Waals surface area contributed by atoms with Gasteiger partial charge in [-0.05, 0) is 31.2 Å². The van der Waals surface area contributed by atoms with E-state index in [1.165, 1.54) is 33.1 Å². The van der Waals surface area contributed by atoms with Crippen molar-refractivity contribution < 1.29 is 23.8 Å². The zero-order chi connectivity index (χ0) is 25.7. The number of hydrogen-bond acceptors (Lipinski definition) is 8. The monoisotopic (exact) mass is 507 g/mol. The van der Waals surface area contributed by atoms with Gasteiger partial charge in [0.2, 0.25) is 11.7 Å². The fourth-order valence-electron chi connectivity index (χ4n) is 3.42. The van der Waals surface area contributed by atoms with Crippen LogP contribution in [0.5, 0.6) is 17.2 Å². The maximum atomic E-state index is 12.7. The fourth-order valence-corrected chi connectivity index (χ4v) is 4.14. The minimum atomic E-state index is -0.265. The van der Waals surface area contributed by atoms with Crippen molar-refractivity contribution in [3.05, 3.63) is 65.9 Å². The van der Waals surface area contributed by atoms with Crippen molar-refractivity contribution in [2.24, 2.45) is 0 Å². The number of pyridine rings is 1. The summed E-state index contributed by atoms with van der Waals surface area (Å²) in [6.45, 7) is 1.98. The highest BCUT2D eigenvalue weighted by molar-refractivity contribution is 7.99. The van der Waals surface area contributed by atoms with E-state index in [0.717, 1.165) is 5.56 Å². The maximum absolute atomic E-state index is 12.7. The van der Waals surface area contributed by atoms with Crippen LogP contribution in [0.3, 0.4) is 0 Å². The molecule has 10 nitrogen and oxygen atoms in total. The van der Waals surface area contributed by atoms with Gasteiger partial charge in [0.05, 0.1) is 32.6 Å². The molecule has 2 N–H and O–H groups in total. The number of anilines is 2. The first kappa shape index (κ1) is 24.9. The summed E-state index contributed by atoms with van der Waals surface area (Å²) in [7, 11) is 4.52. The van der Waals surface area contributed by atoms with E-state index in [9.17, 15) is 9.59 Å². The summed E-state index contributed by atoms with van der Waals surface area (Å²) in [5, 5.41) is 14.4. The van der Waals surface area contributed by atoms with Crippen molar-refractivity contribution >= 4 is 40.6 Å². The molecule has 0 spiro atoms. The van der Waals surface area contributed by atoms with Gasteiger partial charge in [-0.3, -0.25) is 14.0 Å². The number of carbonyl (C=O) groups excluding carboxylic acids is 2. The highest BCUT2D eigenvalue weighted by atomic mass is 32.2. The number of methoxy groups -OCH3 is 3. The summed E-state index contributed by atoms with van der Waals surface area (Å²) in [5.74, 6) is 0.839. The van der Waals surface area contributed by atoms with E-state index >= 15 is 0 Å². The lowest BCUT2D eigenvalue weighted by molar-refractivity contribution is -0.113. The van der Waals surface area contributed by atoms with Crippen LogP contribution in [0.1, 0.15) is 15.9 Å². The molecular weight excluding hydrogens is 482 g/mol. The Labute approximate surface area is 212 Å². The van der Waals surface area contributed by atoms with Gasteiger partial charge < -0.3 is 24.8 Å². The number of ether oxygens (including phenoxy) is 3. The molecular formula is C25H25N5O5S. The second kappa shape index (κ2) is 11.0. The van der Waals surface area contributed by atoms with Gasteiger partial charge in [0.1, 0.15) is 0 Å². The third kappa shape index (κ3) is 5.52. The van der Waals surface area contributed by atoms with Crippen LogP contribution in [0.2, 0.25) is 0 Å². The van der Waals surface area contributed by atoms with Crippen LogP contribution in [-0.2, 0) is 4.79 Å². The zero-order valence-electron chi connectivity index (χ0n) is 20.2. The molecule has 2 aromatic carbocycles. The zero-order valence-corrected chi connectivity index (χ0v) is 21.0. The van der Waals surface area contributed by atoms with Crippen molar-refractivity contribution in [2.75, 3.05) is 37.7 Å². The van der Waals surface area contributed by atoms with Crippen LogP contribution in [0.4, 0.5) is 11.4 Å². The molecule has 0 aliphatic rings. The second-order valence-corrected chi connectivity index (χ2v) is 8.64. The SMILES string of the molecule is COc1cc(NC(=O)CSc2nnc3ccc(C(=O)Nc4ccc(C)cc4)cn23)cc(OC)c1OC. The second-order valence-electron chi connectivity index (χ2n) is 7.70. The predicted octanol–water partition coefficient (Wildman–Crippen LogP) is 4.05. The molecule has 0 bridgehead atoms. The molecule has 2 heterocycles. The number of fused-ring (bicyclic) bond motifs is 1. The Balaban J connectivity index is 1.45. The van der Waals surface area contributed by atoms with Crippen molar-refractivity contribution in [1.82, 2.24) is 14.6 Å². The maximum Gasteiger partial charge on any atom is 0.257 e. The van der Waals surface area contributed by atoms with Crippen molar-refractivity contribution in [1.29, 1.82) is 0 Å². The fraction of sp³-hybridized carbons (Fsp3) is 0.200. The lowest BCUT2D eigenvalue weighted by atomic mass is 10.2. The molecule has 4 rings (SSSR count). The summed E-state index contributed by atoms with van der Waals surface area (Å²) in [4.78, 5) is 25.4. The van der Waals surface area contributed by atoms with E-state index in [1.54, 1.807) is 34.9 Å². The van der Waals surface area contributed by atoms with Gasteiger partial charge in [0.25, 0.3) is 5.91 Å². The summed E-state index contributed by atoms with van der Waals surface area (Å²) in [6, 6.07) is 14.2. The predicted molar refractivity (Wildman–Crippen MR) is 138 cm³/mol. The Hall–Kier alpha value is -4.25. The highest BCUT2D eigenvalue weighted by Crippen LogP contribution is 2.40. The third-order valence-electron chi connectivity index (χ3n) is 5.22. The van der Waals surface area contributed by atoms with Gasteiger partial charge in [-0.1, -0.05) is 29.5 Å². The minimum Gasteiger partial charge on any atom is -0.493 e. The number of amides is 2. The quantitative estimate of drug-likeness (QED) is 0.326. The molecule has 0 aliphatic heterocycles. The van der Waals surface area contributed by atoms with E-state index in [4.69, 9.17) is 14.2 Å². The van der Waals surface area contributed by atoms with Crippen LogP contribution in [0, 0.1) is 6.92 Å². The molecule has 0 radical (unpaired) electrons. The molecule has 36 heavy (non-hydrogen) atoms. The van der Waals surface area contributed by atoms with E-state index in [1.807, 2.05) is 31.2 Å². The topological polar surface area (TPSA) is 116 Å². The summed E-state index contributed by atoms with van der Waals surface area (Å²) >= 11 is 1.20. The molecule has 0 saturated carbocycles. The molecule has 0 aliphatic carbocycles. The number of nitrogens with one attached hydrogen (secondary N) is 2. The smallest absolute Gasteiger partial charge is 0.257 e. The number of carbonyl (C=O) groups is 2. The third-order valence-corrected chi connectivity index (χ3v) is 6.17. The van der Waals surface area contributed by atoms with Gasteiger partial charge in [0.15, 0.2) is 22.3 Å². The molecule has 0 saturated heterocycles. The number of aryl methyl sites for hydroxylation is 1. The van der Waals surface area contributed by atoms with Crippen LogP contribution < -0.4 is 24.8 Å². The number of thioether (sulfide) groups is 1. The van der Waals surface area contributed by atoms with Crippen molar-refractivity contribution in [2.45, 2.75) is 12.1 Å². The number of hydrogen-bond donors (Lipinski definition) is 2. The van der Waals surface area contributed by atoms with Crippen LogP contribution >= 0.6 is 11.8 Å². The first-order chi connectivity index (χ1) is 17.4. The Morgan fingerprint density at radius 3 is 2.22 bits per heavy atom. The minimum absolute atomic E-state index is 0.0667. The Bertz CT molecular complexity index is 1380. The van der Waals surface area contributed by atoms with E-state index in [-0.39, 0.29) is 17.6 Å². The average molecular weight is 508 g/mol. The number of aromatic nitrogens is 3. The standard InChI is InChI=1S/C25H25N5O5S/c1-15-5-8-17(9-6-15)27-24(32)16-7-10-21-28-29-25(30(21)13-16)36-14-22(31)26-18-11-19(33-2)23(35-4)20(12-18)34-3/h5-13H,14H2,1-4H3,(H,26,31)(H,27,32). The normalized spacial score (nSPS) is 10.7. The van der Waals surface area contributed by atoms with E-state index in [2.05, 4.69) is 20.8 Å². The van der Waals surface area contributed by atoms with Crippen molar-refractivity contribution in [3.8, 4) is 17.2 Å². The lowest BCUT2D eigenvalue weighted by Crippen LogP contribution is -2.15. The molecule has 11 heteroatoms. The number of rotatable bonds is 9. The van der Waals surface area contributed by atoms with Crippen LogP contribution in [0.25, 0.3) is 5.65 Å². The number of nitrogens with zero attached hydrogens (tertiary/aromatic N) is 3. The first-order valence-electron chi connectivity index (χ1n) is 10.9. The molecule has 4 aromatic rings. The Morgan fingerprint density at radius 1 is 0.889 bits per heavy atom. The molecule has 0 unspecified atom stereocenters. The summed E-state index contributed by atoms with van der Waals surface area (Å²) < 4.78 is 17.6. The van der Waals surface area contributed by atoms with Gasteiger partial charge >= 0.3 is 0 Å². The van der Waals surface area contributed by atoms with Gasteiger partial charge in [-0.25, -0.2) is 0 Å². The average Bonchev–Trinajstić information content (AvgIpc) is 3.30. The Morgan fingerprint density at radius 2 is 1.58 bits per heavy atom. The largest absolute Gasteiger partial charge is 0.493 e. The molecule has 186 valence electrons. The molecule has 2 amide bonds. The van der Waals surface area contributed by atoms with Gasteiger partial charge in [-0.15, -0.1) is 10.2 Å². The van der Waals surface area contributed by atoms with E-state index in [0.29, 0.717) is 45.0 Å². The molecule has 2 aromatic heterocycles. The summed E-state index contributed by atoms with van der Waals surface area (Å²) in [5.41, 5.74) is 3.31. The van der Waals surface area contributed by atoms with Crippen LogP contribution in [0.15, 0.2) is 59.9 Å². The van der Waals surface area contributed by atoms with Gasteiger partial charge in [-0.2, -0.15) is 0 Å². The van der Waals surface area contributed by atoms with Gasteiger partial charge in [0, 0.05) is 29.7 Å². The van der Waals surface area contributed by atoms with Crippen LogP contribution in [-0.4, -0.2) is 53.5 Å². The number of benzene rings is 2. The van der Waals surface area contributed by atoms with E-state index < -0.39 is 0 Å².